The van der Waals surface area contributed by atoms with Gasteiger partial charge in [-0.3, -0.25) is 4.79 Å². The average molecular weight is 296 g/mol. The maximum Gasteiger partial charge on any atom is 0.336 e. The van der Waals surface area contributed by atoms with Crippen LogP contribution in [0.25, 0.3) is 0 Å². The highest BCUT2D eigenvalue weighted by molar-refractivity contribution is 5.99. The molecule has 1 saturated carbocycles. The van der Waals surface area contributed by atoms with Crippen molar-refractivity contribution in [1.29, 1.82) is 0 Å². The zero-order valence-corrected chi connectivity index (χ0v) is 12.2. The Morgan fingerprint density at radius 3 is 2.77 bits per heavy atom. The summed E-state index contributed by atoms with van der Waals surface area (Å²) in [5, 5.41) is 0. The van der Waals surface area contributed by atoms with Crippen LogP contribution in [0.15, 0.2) is 47.7 Å². The normalized spacial score (nSPS) is 31.0. The van der Waals surface area contributed by atoms with Crippen molar-refractivity contribution >= 4 is 11.8 Å². The predicted octanol–water partition coefficient (Wildman–Crippen LogP) is 2.65. The number of carbonyl (C=O) groups is 2. The first-order chi connectivity index (χ1) is 10.6. The highest BCUT2D eigenvalue weighted by Crippen LogP contribution is 2.49. The van der Waals surface area contributed by atoms with Crippen LogP contribution in [-0.2, 0) is 25.5 Å². The van der Waals surface area contributed by atoms with E-state index >= 15 is 0 Å². The van der Waals surface area contributed by atoms with Crippen LogP contribution in [-0.4, -0.2) is 18.0 Å². The second-order valence-electron chi connectivity index (χ2n) is 6.08. The van der Waals surface area contributed by atoms with Crippen molar-refractivity contribution in [3.8, 4) is 0 Å². The summed E-state index contributed by atoms with van der Waals surface area (Å²) in [5.74, 6) is 0.218. The van der Waals surface area contributed by atoms with E-state index in [1.807, 2.05) is 12.1 Å². The molecule has 0 aromatic heterocycles. The molecule has 1 heterocycles. The van der Waals surface area contributed by atoms with Gasteiger partial charge in [-0.15, -0.1) is 0 Å². The Morgan fingerprint density at radius 1 is 1.18 bits per heavy atom. The number of cyclic esters (lactones) is 1. The van der Waals surface area contributed by atoms with Gasteiger partial charge in [0.05, 0.1) is 6.26 Å². The van der Waals surface area contributed by atoms with Gasteiger partial charge in [-0.2, -0.15) is 0 Å². The van der Waals surface area contributed by atoms with Crippen LogP contribution >= 0.6 is 0 Å². The third-order valence-electron chi connectivity index (χ3n) is 4.77. The zero-order chi connectivity index (χ0) is 15.3. The predicted molar refractivity (Wildman–Crippen MR) is 78.8 cm³/mol. The first-order valence-electron chi connectivity index (χ1n) is 7.49. The third kappa shape index (κ3) is 1.98. The van der Waals surface area contributed by atoms with Gasteiger partial charge in [-0.05, 0) is 30.4 Å². The summed E-state index contributed by atoms with van der Waals surface area (Å²) in [4.78, 5) is 23.6. The largest absolute Gasteiger partial charge is 0.458 e. The number of carbonyl (C=O) groups excluding carboxylic acids is 2. The number of allylic oxidation sites excluding steroid dienone is 1. The van der Waals surface area contributed by atoms with Gasteiger partial charge < -0.3 is 9.47 Å². The van der Waals surface area contributed by atoms with Crippen LogP contribution in [0.4, 0.5) is 0 Å². The van der Waals surface area contributed by atoms with Gasteiger partial charge in [0.1, 0.15) is 0 Å². The summed E-state index contributed by atoms with van der Waals surface area (Å²) in [6.07, 6.45) is 3.83. The molecular formula is C18H16O4. The highest BCUT2D eigenvalue weighted by Gasteiger charge is 2.44. The molecule has 2 aliphatic carbocycles. The molecule has 4 nitrogen and oxygen atoms in total. The molecule has 0 spiro atoms. The van der Waals surface area contributed by atoms with E-state index in [2.05, 4.69) is 12.1 Å². The number of hydrogen-bond acceptors (Lipinski definition) is 4. The van der Waals surface area contributed by atoms with Crippen LogP contribution in [0, 0.1) is 5.92 Å². The second kappa shape index (κ2) is 4.83. The van der Waals surface area contributed by atoms with Gasteiger partial charge in [-0.1, -0.05) is 24.3 Å². The number of ketones is 1. The Balaban J connectivity index is 1.55. The molecule has 3 aliphatic rings. The minimum absolute atomic E-state index is 0.134. The number of ether oxygens (including phenoxy) is 2. The molecule has 4 heteroatoms. The Hall–Kier alpha value is -2.36. The van der Waals surface area contributed by atoms with Gasteiger partial charge in [0.2, 0.25) is 0 Å². The highest BCUT2D eigenvalue weighted by atomic mass is 16.7. The Kier molecular flexibility index (Phi) is 2.93. The number of esters is 1. The molecule has 0 saturated heterocycles. The summed E-state index contributed by atoms with van der Waals surface area (Å²) in [6, 6.07) is 8.30. The topological polar surface area (TPSA) is 52.6 Å². The molecular weight excluding hydrogens is 280 g/mol. The molecule has 3 atom stereocenters. The lowest BCUT2D eigenvalue weighted by Crippen LogP contribution is -2.11. The van der Waals surface area contributed by atoms with Crippen molar-refractivity contribution < 1.29 is 19.1 Å². The molecule has 1 aromatic carbocycles. The standard InChI is InChI=1S/C18H16O4/c1-10-6-17(22-18(10)20)21-9-15-13-7-11-4-2-3-5-12(11)14(13)8-16(15)19/h2-6,9,13-14,17H,7-8H2,1H3/b15-9+/t13-,14+,17-/m0/s1. The van der Waals surface area contributed by atoms with Crippen LogP contribution in [0.2, 0.25) is 0 Å². The summed E-state index contributed by atoms with van der Waals surface area (Å²) in [5.41, 5.74) is 3.86. The summed E-state index contributed by atoms with van der Waals surface area (Å²) < 4.78 is 10.5. The number of hydrogen-bond donors (Lipinski definition) is 0. The van der Waals surface area contributed by atoms with Crippen LogP contribution in [0.5, 0.6) is 0 Å². The van der Waals surface area contributed by atoms with E-state index in [1.54, 1.807) is 13.0 Å². The molecule has 112 valence electrons. The molecule has 4 rings (SSSR count). The van der Waals surface area contributed by atoms with Gasteiger partial charge in [-0.25, -0.2) is 4.79 Å². The van der Waals surface area contributed by atoms with E-state index < -0.39 is 6.29 Å². The molecule has 0 N–H and O–H groups in total. The average Bonchev–Trinajstić information content (AvgIpc) is 3.10. The van der Waals surface area contributed by atoms with Gasteiger partial charge >= 0.3 is 5.97 Å². The monoisotopic (exact) mass is 296 g/mol. The quantitative estimate of drug-likeness (QED) is 0.478. The third-order valence-corrected chi connectivity index (χ3v) is 4.77. The molecule has 0 radical (unpaired) electrons. The Labute approximate surface area is 128 Å². The Morgan fingerprint density at radius 2 is 2.00 bits per heavy atom. The molecule has 0 bridgehead atoms. The maximum absolute atomic E-state index is 12.3. The van der Waals surface area contributed by atoms with E-state index in [-0.39, 0.29) is 23.6 Å². The molecule has 1 aromatic rings. The molecule has 22 heavy (non-hydrogen) atoms. The molecule has 1 aliphatic heterocycles. The molecule has 1 fully saturated rings. The lowest BCUT2D eigenvalue weighted by Gasteiger charge is -2.12. The number of rotatable bonds is 2. The van der Waals surface area contributed by atoms with Crippen molar-refractivity contribution in [3.05, 3.63) is 58.9 Å². The van der Waals surface area contributed by atoms with Gasteiger partial charge in [0, 0.05) is 29.6 Å². The lowest BCUT2D eigenvalue weighted by molar-refractivity contribution is -0.152. The molecule has 0 amide bonds. The van der Waals surface area contributed by atoms with Crippen LogP contribution in [0.1, 0.15) is 30.4 Å². The number of benzene rings is 1. The van der Waals surface area contributed by atoms with E-state index in [0.717, 1.165) is 12.0 Å². The number of fused-ring (bicyclic) bond motifs is 3. The van der Waals surface area contributed by atoms with E-state index in [9.17, 15) is 9.59 Å². The zero-order valence-electron chi connectivity index (χ0n) is 12.2. The van der Waals surface area contributed by atoms with Crippen molar-refractivity contribution in [2.75, 3.05) is 0 Å². The van der Waals surface area contributed by atoms with Gasteiger partial charge in [0.15, 0.2) is 5.78 Å². The van der Waals surface area contributed by atoms with Crippen molar-refractivity contribution in [2.24, 2.45) is 5.92 Å². The van der Waals surface area contributed by atoms with Crippen LogP contribution in [0.3, 0.4) is 0 Å². The van der Waals surface area contributed by atoms with Crippen molar-refractivity contribution in [3.63, 3.8) is 0 Å². The smallest absolute Gasteiger partial charge is 0.336 e. The van der Waals surface area contributed by atoms with E-state index in [0.29, 0.717) is 12.0 Å². The fraction of sp³-hybridized carbons (Fsp3) is 0.333. The molecule has 0 unspecified atom stereocenters. The fourth-order valence-corrected chi connectivity index (χ4v) is 3.65. The van der Waals surface area contributed by atoms with E-state index in [4.69, 9.17) is 9.47 Å². The first-order valence-corrected chi connectivity index (χ1v) is 7.49. The number of Topliss-reactive ketones (excluding diaryl/α,β-unsaturated/α-hetero) is 1. The maximum atomic E-state index is 12.3. The van der Waals surface area contributed by atoms with Crippen molar-refractivity contribution in [1.82, 2.24) is 0 Å². The Bertz CT molecular complexity index is 728. The van der Waals surface area contributed by atoms with E-state index in [1.165, 1.54) is 17.4 Å². The van der Waals surface area contributed by atoms with Gasteiger partial charge in [0.25, 0.3) is 6.29 Å². The minimum Gasteiger partial charge on any atom is -0.458 e. The fourth-order valence-electron chi connectivity index (χ4n) is 3.65. The summed E-state index contributed by atoms with van der Waals surface area (Å²) >= 11 is 0. The SMILES string of the molecule is CC1=C[C@@H](O/C=C2/C(=O)C[C@@H]3c4ccccc4C[C@H]23)OC1=O. The minimum atomic E-state index is -0.712. The first kappa shape index (κ1) is 13.3. The van der Waals surface area contributed by atoms with Crippen molar-refractivity contribution in [2.45, 2.75) is 32.0 Å². The summed E-state index contributed by atoms with van der Waals surface area (Å²) in [7, 11) is 0. The lowest BCUT2D eigenvalue weighted by atomic mass is 9.95. The second-order valence-corrected chi connectivity index (χ2v) is 6.08. The summed E-state index contributed by atoms with van der Waals surface area (Å²) in [6.45, 7) is 1.68. The van der Waals surface area contributed by atoms with Crippen LogP contribution < -0.4 is 0 Å².